The van der Waals surface area contributed by atoms with Crippen LogP contribution in [0.4, 0.5) is 10.2 Å². The van der Waals surface area contributed by atoms with Crippen LogP contribution < -0.4 is 10.2 Å². The Hall–Kier alpha value is -1.94. The number of piperazine rings is 1. The minimum Gasteiger partial charge on any atom is -0.353 e. The molecular weight excluding hydrogens is 640 g/mol. The van der Waals surface area contributed by atoms with Gasteiger partial charge in [0.2, 0.25) is 0 Å². The molecule has 1 aromatic heterocycles. The summed E-state index contributed by atoms with van der Waals surface area (Å²) < 4.78 is 15.0. The zero-order valence-electron chi connectivity index (χ0n) is 21.9. The Morgan fingerprint density at radius 1 is 0.950 bits per heavy atom. The molecule has 212 valence electrons. The lowest BCUT2D eigenvalue weighted by molar-refractivity contribution is 0.0950. The number of likely N-dealkylation sites (tertiary alicyclic amines) is 1. The number of rotatable bonds is 7. The highest BCUT2D eigenvalue weighted by Gasteiger charge is 2.29. The molecule has 1 amide bonds. The summed E-state index contributed by atoms with van der Waals surface area (Å²) >= 11 is 22.1. The Morgan fingerprint density at radius 3 is 2.35 bits per heavy atom. The standard InChI is InChI=1S/C29H30BrCl3FN5O/c30-22-3-1-20(27(34)14-22)18-37-7-5-24(6-8-37)38-9-11-39(12-10-38)28-26(33)13-21(17-35-28)29(40)36-16-19-2-4-23(31)15-25(19)32/h1-4,13-15,17,24H,5-12,16,18H2,(H,36,40). The highest BCUT2D eigenvalue weighted by atomic mass is 79.9. The summed E-state index contributed by atoms with van der Waals surface area (Å²) in [6.45, 7) is 6.32. The fraction of sp³-hybridized carbons (Fsp3) is 0.379. The highest BCUT2D eigenvalue weighted by Crippen LogP contribution is 2.28. The van der Waals surface area contributed by atoms with Crippen molar-refractivity contribution in [1.82, 2.24) is 20.1 Å². The molecule has 0 saturated carbocycles. The molecule has 11 heteroatoms. The van der Waals surface area contributed by atoms with Gasteiger partial charge in [-0.05, 0) is 61.8 Å². The lowest BCUT2D eigenvalue weighted by Crippen LogP contribution is -2.53. The normalized spacial score (nSPS) is 17.3. The summed E-state index contributed by atoms with van der Waals surface area (Å²) in [6.07, 6.45) is 3.71. The largest absolute Gasteiger partial charge is 0.353 e. The number of amides is 1. The van der Waals surface area contributed by atoms with Crippen LogP contribution in [-0.4, -0.2) is 66.0 Å². The van der Waals surface area contributed by atoms with Crippen molar-refractivity contribution >= 4 is 62.5 Å². The van der Waals surface area contributed by atoms with E-state index in [0.29, 0.717) is 39.0 Å². The van der Waals surface area contributed by atoms with Crippen molar-refractivity contribution in [2.75, 3.05) is 44.2 Å². The van der Waals surface area contributed by atoms with Crippen molar-refractivity contribution in [3.05, 3.63) is 90.7 Å². The summed E-state index contributed by atoms with van der Waals surface area (Å²) in [5.41, 5.74) is 1.92. The highest BCUT2D eigenvalue weighted by molar-refractivity contribution is 9.10. The molecule has 0 bridgehead atoms. The molecule has 2 saturated heterocycles. The van der Waals surface area contributed by atoms with Crippen LogP contribution in [0.25, 0.3) is 0 Å². The van der Waals surface area contributed by atoms with Crippen LogP contribution in [0.5, 0.6) is 0 Å². The van der Waals surface area contributed by atoms with Crippen molar-refractivity contribution in [1.29, 1.82) is 0 Å². The first-order valence-corrected chi connectivity index (χ1v) is 15.2. The smallest absolute Gasteiger partial charge is 0.253 e. The maximum Gasteiger partial charge on any atom is 0.253 e. The second kappa shape index (κ2) is 13.4. The maximum absolute atomic E-state index is 14.3. The Kier molecular flexibility index (Phi) is 9.87. The zero-order chi connectivity index (χ0) is 28.2. The SMILES string of the molecule is O=C(NCc1ccc(Cl)cc1Cl)c1cnc(N2CCN(C3CCN(Cc4ccc(Br)cc4F)CC3)CC2)c(Cl)c1. The number of nitrogens with zero attached hydrogens (tertiary/aromatic N) is 4. The number of carbonyl (C=O) groups is 1. The van der Waals surface area contributed by atoms with Gasteiger partial charge in [0.1, 0.15) is 11.6 Å². The lowest BCUT2D eigenvalue weighted by Gasteiger charge is -2.43. The number of pyridine rings is 1. The van der Waals surface area contributed by atoms with Gasteiger partial charge in [0, 0.05) is 71.6 Å². The predicted octanol–water partition coefficient (Wildman–Crippen LogP) is 6.66. The van der Waals surface area contributed by atoms with E-state index in [2.05, 4.69) is 40.9 Å². The third kappa shape index (κ3) is 7.27. The fourth-order valence-corrected chi connectivity index (χ4v) is 6.46. The van der Waals surface area contributed by atoms with Gasteiger partial charge < -0.3 is 10.2 Å². The van der Waals surface area contributed by atoms with E-state index in [4.69, 9.17) is 34.8 Å². The van der Waals surface area contributed by atoms with Gasteiger partial charge in [-0.15, -0.1) is 0 Å². The number of hydrogen-bond donors (Lipinski definition) is 1. The monoisotopic (exact) mass is 667 g/mol. The number of carbonyl (C=O) groups excluding carboxylic acids is 1. The molecule has 1 N–H and O–H groups in total. The second-order valence-corrected chi connectivity index (χ2v) is 12.4. The number of nitrogens with one attached hydrogen (secondary N) is 1. The minimum absolute atomic E-state index is 0.156. The van der Waals surface area contributed by atoms with Crippen molar-refractivity contribution < 1.29 is 9.18 Å². The van der Waals surface area contributed by atoms with Crippen molar-refractivity contribution in [2.45, 2.75) is 32.0 Å². The minimum atomic E-state index is -0.272. The molecule has 5 rings (SSSR count). The van der Waals surface area contributed by atoms with Gasteiger partial charge >= 0.3 is 0 Å². The molecule has 0 aliphatic carbocycles. The summed E-state index contributed by atoms with van der Waals surface area (Å²) in [5.74, 6) is 0.271. The number of benzene rings is 2. The molecule has 0 radical (unpaired) electrons. The number of aromatic nitrogens is 1. The molecule has 2 fully saturated rings. The third-order valence-corrected chi connectivity index (χ3v) is 8.99. The molecule has 3 aromatic rings. The maximum atomic E-state index is 14.3. The average Bonchev–Trinajstić information content (AvgIpc) is 2.94. The average molecular weight is 670 g/mol. The molecule has 0 unspecified atom stereocenters. The zero-order valence-corrected chi connectivity index (χ0v) is 25.7. The van der Waals surface area contributed by atoms with Crippen LogP contribution >= 0.6 is 50.7 Å². The molecule has 0 spiro atoms. The van der Waals surface area contributed by atoms with E-state index in [-0.39, 0.29) is 18.3 Å². The van der Waals surface area contributed by atoms with E-state index in [1.165, 1.54) is 6.07 Å². The Morgan fingerprint density at radius 2 is 1.68 bits per heavy atom. The van der Waals surface area contributed by atoms with Crippen LogP contribution in [0.3, 0.4) is 0 Å². The van der Waals surface area contributed by atoms with Gasteiger partial charge in [-0.2, -0.15) is 0 Å². The van der Waals surface area contributed by atoms with Gasteiger partial charge in [-0.25, -0.2) is 9.37 Å². The van der Waals surface area contributed by atoms with Crippen molar-refractivity contribution in [2.24, 2.45) is 0 Å². The predicted molar refractivity (Wildman–Crippen MR) is 163 cm³/mol. The Bertz CT molecular complexity index is 1360. The first-order valence-electron chi connectivity index (χ1n) is 13.3. The van der Waals surface area contributed by atoms with Gasteiger partial charge in [-0.1, -0.05) is 62.9 Å². The molecule has 3 heterocycles. The van der Waals surface area contributed by atoms with Gasteiger partial charge in [-0.3, -0.25) is 14.6 Å². The van der Waals surface area contributed by atoms with E-state index in [1.54, 1.807) is 30.5 Å². The lowest BCUT2D eigenvalue weighted by atomic mass is 10.0. The van der Waals surface area contributed by atoms with Gasteiger partial charge in [0.05, 0.1) is 10.6 Å². The molecule has 2 aliphatic rings. The van der Waals surface area contributed by atoms with Crippen molar-refractivity contribution in [3.8, 4) is 0 Å². The number of anilines is 1. The molecule has 6 nitrogen and oxygen atoms in total. The molecule has 2 aromatic carbocycles. The summed E-state index contributed by atoms with van der Waals surface area (Å²) in [4.78, 5) is 24.3. The van der Waals surface area contributed by atoms with Crippen LogP contribution in [0.1, 0.15) is 34.3 Å². The molecule has 40 heavy (non-hydrogen) atoms. The fourth-order valence-electron chi connectivity index (χ4n) is 5.36. The van der Waals surface area contributed by atoms with E-state index in [9.17, 15) is 9.18 Å². The number of piperidine rings is 1. The first-order chi connectivity index (χ1) is 19.3. The number of hydrogen-bond acceptors (Lipinski definition) is 5. The van der Waals surface area contributed by atoms with E-state index < -0.39 is 0 Å². The number of halogens is 5. The first kappa shape index (κ1) is 29.5. The Balaban J connectivity index is 1.09. The molecular formula is C29H30BrCl3FN5O. The van der Waals surface area contributed by atoms with E-state index in [0.717, 1.165) is 67.7 Å². The summed E-state index contributed by atoms with van der Waals surface area (Å²) in [7, 11) is 0. The van der Waals surface area contributed by atoms with Gasteiger partial charge in [0.15, 0.2) is 0 Å². The van der Waals surface area contributed by atoms with Crippen LogP contribution in [0.15, 0.2) is 53.1 Å². The Labute approximate surface area is 257 Å². The van der Waals surface area contributed by atoms with Crippen LogP contribution in [0.2, 0.25) is 15.1 Å². The van der Waals surface area contributed by atoms with E-state index in [1.807, 2.05) is 12.1 Å². The molecule has 0 atom stereocenters. The topological polar surface area (TPSA) is 51.7 Å². The second-order valence-electron chi connectivity index (χ2n) is 10.2. The summed E-state index contributed by atoms with van der Waals surface area (Å²) in [5, 5.41) is 4.36. The molecule has 2 aliphatic heterocycles. The summed E-state index contributed by atoms with van der Waals surface area (Å²) in [6, 6.07) is 12.6. The quantitative estimate of drug-likeness (QED) is 0.305. The van der Waals surface area contributed by atoms with E-state index >= 15 is 0 Å². The van der Waals surface area contributed by atoms with Gasteiger partial charge in [0.25, 0.3) is 5.91 Å². The van der Waals surface area contributed by atoms with Crippen molar-refractivity contribution in [3.63, 3.8) is 0 Å². The third-order valence-electron chi connectivity index (χ3n) is 7.63. The van der Waals surface area contributed by atoms with Crippen LogP contribution in [-0.2, 0) is 13.1 Å². The van der Waals surface area contributed by atoms with Crippen LogP contribution in [0, 0.1) is 5.82 Å².